The van der Waals surface area contributed by atoms with E-state index >= 15 is 0 Å². The first-order valence-corrected chi connectivity index (χ1v) is 6.33. The lowest BCUT2D eigenvalue weighted by Crippen LogP contribution is -2.01. The summed E-state index contributed by atoms with van der Waals surface area (Å²) in [5.74, 6) is 1.44. The van der Waals surface area contributed by atoms with Crippen LogP contribution in [0.4, 0.5) is 5.69 Å². The number of hydrogen-bond acceptors (Lipinski definition) is 3. The topological polar surface area (TPSA) is 45.4 Å². The fourth-order valence-corrected chi connectivity index (χ4v) is 1.96. The number of nitrogens with one attached hydrogen (secondary N) is 1. The fraction of sp³-hybridized carbons (Fsp3) is 0.333. The van der Waals surface area contributed by atoms with Gasteiger partial charge in [-0.15, -0.1) is 0 Å². The molecule has 0 aliphatic heterocycles. The van der Waals surface area contributed by atoms with Crippen LogP contribution in [0.25, 0.3) is 0 Å². The summed E-state index contributed by atoms with van der Waals surface area (Å²) in [7, 11) is 0. The van der Waals surface area contributed by atoms with Gasteiger partial charge in [-0.2, -0.15) is 0 Å². The number of furan rings is 1. The number of aryl methyl sites for hydroxylation is 1. The maximum atomic E-state index is 8.94. The summed E-state index contributed by atoms with van der Waals surface area (Å²) in [6, 6.07) is 12.0. The van der Waals surface area contributed by atoms with E-state index < -0.39 is 0 Å². The third-order valence-electron chi connectivity index (χ3n) is 2.86. The van der Waals surface area contributed by atoms with E-state index in [9.17, 15) is 0 Å². The van der Waals surface area contributed by atoms with Crippen molar-refractivity contribution < 1.29 is 9.52 Å². The van der Waals surface area contributed by atoms with Crippen molar-refractivity contribution in [2.75, 3.05) is 5.32 Å². The van der Waals surface area contributed by atoms with Crippen molar-refractivity contribution in [1.29, 1.82) is 0 Å². The lowest BCUT2D eigenvalue weighted by molar-refractivity contribution is 0.244. The van der Waals surface area contributed by atoms with Crippen LogP contribution in [0.15, 0.2) is 40.8 Å². The van der Waals surface area contributed by atoms with Crippen molar-refractivity contribution in [3.63, 3.8) is 0 Å². The Morgan fingerprint density at radius 1 is 1.11 bits per heavy atom. The molecule has 0 saturated heterocycles. The smallest absolute Gasteiger partial charge is 0.129 e. The Morgan fingerprint density at radius 3 is 2.61 bits per heavy atom. The lowest BCUT2D eigenvalue weighted by Gasteiger charge is -2.10. The molecule has 0 fully saturated rings. The summed E-state index contributed by atoms with van der Waals surface area (Å²) in [6.45, 7) is 2.77. The molecule has 0 amide bonds. The summed E-state index contributed by atoms with van der Waals surface area (Å²) in [6.07, 6.45) is 2.21. The summed E-state index contributed by atoms with van der Waals surface area (Å²) in [4.78, 5) is 0. The quantitative estimate of drug-likeness (QED) is 0.820. The van der Waals surface area contributed by atoms with Gasteiger partial charge in [0.1, 0.15) is 18.1 Å². The number of aliphatic hydroxyl groups excluding tert-OH is 1. The van der Waals surface area contributed by atoms with Crippen molar-refractivity contribution in [3.8, 4) is 0 Å². The van der Waals surface area contributed by atoms with Crippen LogP contribution in [0.2, 0.25) is 0 Å². The Balaban J connectivity index is 2.01. The van der Waals surface area contributed by atoms with Crippen LogP contribution < -0.4 is 5.32 Å². The van der Waals surface area contributed by atoms with E-state index in [1.807, 2.05) is 12.1 Å². The van der Waals surface area contributed by atoms with E-state index in [2.05, 4.69) is 30.4 Å². The zero-order valence-corrected chi connectivity index (χ0v) is 10.6. The number of rotatable bonds is 6. The average Bonchev–Trinajstić information content (AvgIpc) is 2.86. The van der Waals surface area contributed by atoms with Crippen LogP contribution in [-0.4, -0.2) is 5.11 Å². The molecule has 2 N–H and O–H groups in total. The summed E-state index contributed by atoms with van der Waals surface area (Å²) in [5, 5.41) is 12.3. The highest BCUT2D eigenvalue weighted by Gasteiger charge is 2.03. The molecule has 18 heavy (non-hydrogen) atoms. The zero-order valence-electron chi connectivity index (χ0n) is 10.6. The van der Waals surface area contributed by atoms with Crippen molar-refractivity contribution in [1.82, 2.24) is 0 Å². The van der Waals surface area contributed by atoms with Crippen LogP contribution in [0, 0.1) is 0 Å². The molecule has 2 rings (SSSR count). The highest BCUT2D eigenvalue weighted by Crippen LogP contribution is 2.18. The van der Waals surface area contributed by atoms with Gasteiger partial charge < -0.3 is 14.8 Å². The standard InChI is InChI=1S/C15H19NO2/c1-2-5-12-6-3-4-7-15(12)16-10-13-8-9-14(11-17)18-13/h3-4,6-9,16-17H,2,5,10-11H2,1H3. The number of benzene rings is 1. The molecule has 1 aromatic heterocycles. The highest BCUT2D eigenvalue weighted by molar-refractivity contribution is 5.51. The maximum absolute atomic E-state index is 8.94. The van der Waals surface area contributed by atoms with Crippen LogP contribution in [-0.2, 0) is 19.6 Å². The Labute approximate surface area is 107 Å². The van der Waals surface area contributed by atoms with Crippen molar-refractivity contribution >= 4 is 5.69 Å². The molecular formula is C15H19NO2. The molecule has 1 heterocycles. The molecule has 0 spiro atoms. The molecule has 0 radical (unpaired) electrons. The van der Waals surface area contributed by atoms with Crippen LogP contribution in [0.1, 0.15) is 30.4 Å². The second-order valence-electron chi connectivity index (χ2n) is 4.29. The molecule has 0 bridgehead atoms. The van der Waals surface area contributed by atoms with Gasteiger partial charge in [-0.25, -0.2) is 0 Å². The zero-order chi connectivity index (χ0) is 12.8. The summed E-state index contributed by atoms with van der Waals surface area (Å²) in [5.41, 5.74) is 2.48. The van der Waals surface area contributed by atoms with E-state index in [-0.39, 0.29) is 6.61 Å². The number of para-hydroxylation sites is 1. The predicted octanol–water partition coefficient (Wildman–Crippen LogP) is 3.34. The van der Waals surface area contributed by atoms with Gasteiger partial charge in [0, 0.05) is 5.69 Å². The molecule has 0 aliphatic carbocycles. The number of hydrogen-bond donors (Lipinski definition) is 2. The normalized spacial score (nSPS) is 10.6. The molecule has 0 aliphatic rings. The Bertz CT molecular complexity index is 491. The fourth-order valence-electron chi connectivity index (χ4n) is 1.96. The molecular weight excluding hydrogens is 226 g/mol. The van der Waals surface area contributed by atoms with Crippen molar-refractivity contribution in [2.24, 2.45) is 0 Å². The molecule has 0 atom stereocenters. The Morgan fingerprint density at radius 2 is 1.89 bits per heavy atom. The average molecular weight is 245 g/mol. The molecule has 0 unspecified atom stereocenters. The van der Waals surface area contributed by atoms with Crippen LogP contribution >= 0.6 is 0 Å². The third-order valence-corrected chi connectivity index (χ3v) is 2.86. The first kappa shape index (κ1) is 12.7. The van der Waals surface area contributed by atoms with Crippen LogP contribution in [0.3, 0.4) is 0 Å². The molecule has 1 aromatic carbocycles. The van der Waals surface area contributed by atoms with Gasteiger partial charge >= 0.3 is 0 Å². The van der Waals surface area contributed by atoms with Crippen molar-refractivity contribution in [2.45, 2.75) is 32.9 Å². The maximum Gasteiger partial charge on any atom is 0.129 e. The van der Waals surface area contributed by atoms with Gasteiger partial charge in [-0.05, 0) is 30.2 Å². The first-order chi connectivity index (χ1) is 8.83. The molecule has 2 aromatic rings. The third kappa shape index (κ3) is 3.14. The van der Waals surface area contributed by atoms with E-state index in [1.165, 1.54) is 5.56 Å². The van der Waals surface area contributed by atoms with E-state index in [0.29, 0.717) is 12.3 Å². The Hall–Kier alpha value is -1.74. The number of anilines is 1. The van der Waals surface area contributed by atoms with Crippen LogP contribution in [0.5, 0.6) is 0 Å². The SMILES string of the molecule is CCCc1ccccc1NCc1ccc(CO)o1. The van der Waals surface area contributed by atoms with E-state index in [0.717, 1.165) is 24.3 Å². The minimum absolute atomic E-state index is 0.0492. The van der Waals surface area contributed by atoms with Gasteiger partial charge in [-0.3, -0.25) is 0 Å². The molecule has 3 heteroatoms. The van der Waals surface area contributed by atoms with E-state index in [1.54, 1.807) is 6.07 Å². The largest absolute Gasteiger partial charge is 0.462 e. The molecule has 96 valence electrons. The monoisotopic (exact) mass is 245 g/mol. The highest BCUT2D eigenvalue weighted by atomic mass is 16.4. The Kier molecular flexibility index (Phi) is 4.42. The molecule has 0 saturated carbocycles. The van der Waals surface area contributed by atoms with Gasteiger partial charge in [0.2, 0.25) is 0 Å². The number of aliphatic hydroxyl groups is 1. The molecule has 3 nitrogen and oxygen atoms in total. The van der Waals surface area contributed by atoms with Gasteiger partial charge in [0.25, 0.3) is 0 Å². The lowest BCUT2D eigenvalue weighted by atomic mass is 10.1. The predicted molar refractivity (Wildman–Crippen MR) is 72.4 cm³/mol. The van der Waals surface area contributed by atoms with Gasteiger partial charge in [0.05, 0.1) is 6.54 Å². The minimum Gasteiger partial charge on any atom is -0.462 e. The van der Waals surface area contributed by atoms with Gasteiger partial charge in [0.15, 0.2) is 0 Å². The summed E-state index contributed by atoms with van der Waals surface area (Å²) < 4.78 is 5.44. The van der Waals surface area contributed by atoms with Crippen molar-refractivity contribution in [3.05, 3.63) is 53.5 Å². The minimum atomic E-state index is -0.0492. The summed E-state index contributed by atoms with van der Waals surface area (Å²) >= 11 is 0. The van der Waals surface area contributed by atoms with E-state index in [4.69, 9.17) is 9.52 Å². The van der Waals surface area contributed by atoms with Gasteiger partial charge in [-0.1, -0.05) is 31.5 Å². The second kappa shape index (κ2) is 6.26. The second-order valence-corrected chi connectivity index (χ2v) is 4.29. The first-order valence-electron chi connectivity index (χ1n) is 6.33.